The first-order valence-electron chi connectivity index (χ1n) is 5.80. The van der Waals surface area contributed by atoms with Gasteiger partial charge in [0.15, 0.2) is 0 Å². The van der Waals surface area contributed by atoms with Crippen LogP contribution >= 0.6 is 22.3 Å². The molecule has 0 radical (unpaired) electrons. The molecule has 0 amide bonds. The first-order valence-corrected chi connectivity index (χ1v) is 14.4. The van der Waals surface area contributed by atoms with E-state index in [9.17, 15) is 14.4 Å². The molecular weight excluding hydrogens is 289 g/mol. The van der Waals surface area contributed by atoms with Crippen LogP contribution in [0.1, 0.15) is 13.3 Å². The molecule has 0 aromatic carbocycles. The van der Waals surface area contributed by atoms with E-state index in [1.54, 1.807) is 6.92 Å². The van der Waals surface area contributed by atoms with Crippen LogP contribution < -0.4 is 9.79 Å². The van der Waals surface area contributed by atoms with Crippen molar-refractivity contribution in [1.82, 2.24) is 0 Å². The van der Waals surface area contributed by atoms with E-state index in [1.807, 2.05) is 0 Å². The molecular formula is C11H31O4P3. The molecule has 0 aromatic heterocycles. The van der Waals surface area contributed by atoms with Crippen molar-refractivity contribution in [3.63, 3.8) is 0 Å². The van der Waals surface area contributed by atoms with Gasteiger partial charge in [0.25, 0.3) is 0 Å². The Morgan fingerprint density at radius 1 is 0.889 bits per heavy atom. The molecule has 0 aliphatic carbocycles. The summed E-state index contributed by atoms with van der Waals surface area (Å²) in [5, 5.41) is 0. The van der Waals surface area contributed by atoms with Crippen LogP contribution in [0.15, 0.2) is 0 Å². The summed E-state index contributed by atoms with van der Waals surface area (Å²) in [7, 11) is -5.46. The van der Waals surface area contributed by atoms with Gasteiger partial charge in [-0.05, 0) is 6.42 Å². The highest BCUT2D eigenvalue weighted by Gasteiger charge is 2.03. The molecule has 0 spiro atoms. The number of rotatable bonds is 3. The highest BCUT2D eigenvalue weighted by atomic mass is 31.2. The lowest BCUT2D eigenvalue weighted by molar-refractivity contribution is -0.341. The van der Waals surface area contributed by atoms with Crippen molar-refractivity contribution < 1.29 is 18.9 Å². The Bertz CT molecular complexity index is 201. The number of phosphoric acid groups is 1. The van der Waals surface area contributed by atoms with E-state index < -0.39 is 7.82 Å². The highest BCUT2D eigenvalue weighted by molar-refractivity contribution is 7.73. The van der Waals surface area contributed by atoms with Crippen molar-refractivity contribution in [1.29, 1.82) is 0 Å². The molecule has 0 unspecified atom stereocenters. The van der Waals surface area contributed by atoms with Gasteiger partial charge in [0, 0.05) is 67.8 Å². The number of phosphoric ester groups is 1. The average Bonchev–Trinajstić information content (AvgIpc) is 1.92. The van der Waals surface area contributed by atoms with E-state index in [4.69, 9.17) is 0 Å². The summed E-state index contributed by atoms with van der Waals surface area (Å²) in [6.07, 6.45) is 0.536. The van der Waals surface area contributed by atoms with Gasteiger partial charge >= 0.3 is 0 Å². The predicted octanol–water partition coefficient (Wildman–Crippen LogP) is 2.29. The van der Waals surface area contributed by atoms with Crippen molar-refractivity contribution in [2.45, 2.75) is 13.3 Å². The molecule has 0 saturated heterocycles. The van der Waals surface area contributed by atoms with Crippen LogP contribution in [0.3, 0.4) is 0 Å². The minimum atomic E-state index is -4.68. The molecule has 0 N–H and O–H groups in total. The molecule has 4 nitrogen and oxygen atoms in total. The van der Waals surface area contributed by atoms with Crippen LogP contribution in [-0.4, -0.2) is 59.9 Å². The third-order valence-electron chi connectivity index (χ3n) is 0.454. The SMILES string of the molecule is CCCOP(=O)([O-])[O-].C[P+](C)(C)C.C[P+](C)(C)C. The summed E-state index contributed by atoms with van der Waals surface area (Å²) >= 11 is 0. The van der Waals surface area contributed by atoms with Crippen molar-refractivity contribution in [3.8, 4) is 0 Å². The Morgan fingerprint density at radius 3 is 1.17 bits per heavy atom. The molecule has 7 heteroatoms. The van der Waals surface area contributed by atoms with Gasteiger partial charge in [-0.2, -0.15) is 0 Å². The van der Waals surface area contributed by atoms with E-state index in [1.165, 1.54) is 0 Å². The van der Waals surface area contributed by atoms with Crippen molar-refractivity contribution in [3.05, 3.63) is 0 Å². The van der Waals surface area contributed by atoms with Gasteiger partial charge in [-0.25, -0.2) is 0 Å². The fraction of sp³-hybridized carbons (Fsp3) is 1.00. The van der Waals surface area contributed by atoms with E-state index in [0.29, 0.717) is 6.42 Å². The predicted molar refractivity (Wildman–Crippen MR) is 85.1 cm³/mol. The Hall–Kier alpha value is 0.970. The third kappa shape index (κ3) is 121. The third-order valence-corrected chi connectivity index (χ3v) is 0.952. The lowest BCUT2D eigenvalue weighted by Crippen LogP contribution is -2.16. The van der Waals surface area contributed by atoms with Gasteiger partial charge in [-0.1, -0.05) is 6.92 Å². The second-order valence-corrected chi connectivity index (χ2v) is 18.5. The maximum atomic E-state index is 9.64. The van der Waals surface area contributed by atoms with Crippen molar-refractivity contribution in [2.24, 2.45) is 0 Å². The highest BCUT2D eigenvalue weighted by Crippen LogP contribution is 2.40. The Balaban J connectivity index is -0.000000197. The summed E-state index contributed by atoms with van der Waals surface area (Å²) in [5.41, 5.74) is 0. The Morgan fingerprint density at radius 2 is 1.11 bits per heavy atom. The van der Waals surface area contributed by atoms with Crippen LogP contribution in [-0.2, 0) is 9.09 Å². The van der Waals surface area contributed by atoms with Gasteiger partial charge in [0.2, 0.25) is 0 Å². The molecule has 0 aromatic rings. The van der Waals surface area contributed by atoms with Crippen molar-refractivity contribution >= 4 is 22.3 Å². The van der Waals surface area contributed by atoms with E-state index in [-0.39, 0.29) is 21.1 Å². The van der Waals surface area contributed by atoms with E-state index >= 15 is 0 Å². The van der Waals surface area contributed by atoms with Crippen LogP contribution in [0, 0.1) is 0 Å². The Labute approximate surface area is 115 Å². The second-order valence-electron chi connectivity index (χ2n) is 6.65. The first kappa shape index (κ1) is 24.0. The molecule has 0 aliphatic rings. The first-order chi connectivity index (χ1) is 7.56. The van der Waals surface area contributed by atoms with Crippen LogP contribution in [0.4, 0.5) is 0 Å². The summed E-state index contributed by atoms with van der Waals surface area (Å²) in [6, 6.07) is 0. The monoisotopic (exact) mass is 320 g/mol. The normalized spacial score (nSPS) is 11.9. The smallest absolute Gasteiger partial charge is 0.0596 e. The van der Waals surface area contributed by atoms with E-state index in [0.717, 1.165) is 0 Å². The maximum Gasteiger partial charge on any atom is 0.0596 e. The zero-order valence-corrected chi connectivity index (χ0v) is 16.1. The zero-order chi connectivity index (χ0) is 15.6. The summed E-state index contributed by atoms with van der Waals surface area (Å²) in [6.45, 7) is 20.1. The summed E-state index contributed by atoms with van der Waals surface area (Å²) < 4.78 is 13.5. The topological polar surface area (TPSA) is 72.4 Å². The lowest BCUT2D eigenvalue weighted by atomic mass is 10.5. The molecule has 0 saturated carbocycles. The molecule has 0 heterocycles. The lowest BCUT2D eigenvalue weighted by Gasteiger charge is -2.28. The Kier molecular flexibility index (Phi) is 14.3. The number of hydrogen-bond donors (Lipinski definition) is 0. The van der Waals surface area contributed by atoms with Gasteiger partial charge in [-0.15, -0.1) is 0 Å². The van der Waals surface area contributed by atoms with Gasteiger partial charge in [0.1, 0.15) is 0 Å². The molecule has 0 atom stereocenters. The molecule has 18 heavy (non-hydrogen) atoms. The zero-order valence-electron chi connectivity index (χ0n) is 13.4. The quantitative estimate of drug-likeness (QED) is 0.748. The largest absolute Gasteiger partial charge is 0.790 e. The van der Waals surface area contributed by atoms with Crippen molar-refractivity contribution in [2.75, 3.05) is 59.9 Å². The van der Waals surface area contributed by atoms with Gasteiger partial charge in [-0.3, -0.25) is 0 Å². The molecule has 0 bridgehead atoms. The maximum absolute atomic E-state index is 9.64. The van der Waals surface area contributed by atoms with Crippen LogP contribution in [0.5, 0.6) is 0 Å². The standard InChI is InChI=1S/2C4H12P.C3H9O4P/c2*1-5(2,3)4;1-2-3-7-8(4,5)6/h2*1-4H3;2-3H2,1H3,(H2,4,5,6)/q2*+1;/p-2. The van der Waals surface area contributed by atoms with Gasteiger partial charge < -0.3 is 18.9 Å². The van der Waals surface area contributed by atoms with E-state index in [2.05, 4.69) is 57.8 Å². The van der Waals surface area contributed by atoms with Crippen LogP contribution in [0.25, 0.3) is 0 Å². The average molecular weight is 320 g/mol. The van der Waals surface area contributed by atoms with Gasteiger partial charge in [0.05, 0.1) is 14.4 Å². The second kappa shape index (κ2) is 10.7. The molecule has 0 rings (SSSR count). The van der Waals surface area contributed by atoms with Crippen LogP contribution in [0.2, 0.25) is 0 Å². The molecule has 114 valence electrons. The number of hydrogen-bond acceptors (Lipinski definition) is 4. The fourth-order valence-electron chi connectivity index (χ4n) is 0.203. The molecule has 0 aliphatic heterocycles. The molecule has 0 fully saturated rings. The summed E-state index contributed by atoms with van der Waals surface area (Å²) in [5.74, 6) is 0. The minimum absolute atomic E-state index is 0.00965. The minimum Gasteiger partial charge on any atom is -0.790 e. The summed E-state index contributed by atoms with van der Waals surface area (Å²) in [4.78, 5) is 19.3. The fourth-order valence-corrected chi connectivity index (χ4v) is 0.609.